The van der Waals surface area contributed by atoms with Crippen molar-refractivity contribution in [2.24, 2.45) is 5.73 Å². The minimum Gasteiger partial charge on any atom is -0.330 e. The van der Waals surface area contributed by atoms with E-state index in [2.05, 4.69) is 41.1 Å². The standard InChI is InChI=1S/C13H18BrN3/c1-13(2,3)12-9(7-8-15)17-10(14)5-4-6-11(17)16-12/h4-6H,7-8,15H2,1-3H3. The van der Waals surface area contributed by atoms with Crippen molar-refractivity contribution in [3.8, 4) is 0 Å². The minimum atomic E-state index is 0.0377. The number of pyridine rings is 1. The second-order valence-corrected chi connectivity index (χ2v) is 6.05. The van der Waals surface area contributed by atoms with E-state index >= 15 is 0 Å². The van der Waals surface area contributed by atoms with Crippen LogP contribution in [-0.4, -0.2) is 15.9 Å². The molecule has 0 saturated heterocycles. The van der Waals surface area contributed by atoms with Crippen LogP contribution < -0.4 is 5.73 Å². The molecule has 0 aliphatic rings. The van der Waals surface area contributed by atoms with Gasteiger partial charge in [-0.1, -0.05) is 26.8 Å². The van der Waals surface area contributed by atoms with Crippen LogP contribution in [0.3, 0.4) is 0 Å². The number of fused-ring (bicyclic) bond motifs is 1. The van der Waals surface area contributed by atoms with E-state index in [9.17, 15) is 0 Å². The van der Waals surface area contributed by atoms with E-state index in [1.165, 1.54) is 5.69 Å². The first-order chi connectivity index (χ1) is 7.95. The van der Waals surface area contributed by atoms with Gasteiger partial charge in [0, 0.05) is 17.5 Å². The topological polar surface area (TPSA) is 43.3 Å². The summed E-state index contributed by atoms with van der Waals surface area (Å²) < 4.78 is 3.18. The van der Waals surface area contributed by atoms with Crippen LogP contribution in [0.1, 0.15) is 32.2 Å². The van der Waals surface area contributed by atoms with E-state index in [4.69, 9.17) is 10.7 Å². The van der Waals surface area contributed by atoms with Crippen LogP contribution in [0, 0.1) is 0 Å². The van der Waals surface area contributed by atoms with Crippen LogP contribution in [-0.2, 0) is 11.8 Å². The van der Waals surface area contributed by atoms with Crippen LogP contribution in [0.15, 0.2) is 22.8 Å². The number of halogens is 1. The number of nitrogens with zero attached hydrogens (tertiary/aromatic N) is 2. The molecule has 0 saturated carbocycles. The molecule has 17 heavy (non-hydrogen) atoms. The van der Waals surface area contributed by atoms with Crippen LogP contribution in [0.2, 0.25) is 0 Å². The monoisotopic (exact) mass is 295 g/mol. The number of aromatic nitrogens is 2. The average Bonchev–Trinajstić information content (AvgIpc) is 2.59. The quantitative estimate of drug-likeness (QED) is 0.866. The fraction of sp³-hybridized carbons (Fsp3) is 0.462. The van der Waals surface area contributed by atoms with Crippen LogP contribution >= 0.6 is 15.9 Å². The molecule has 0 atom stereocenters. The van der Waals surface area contributed by atoms with E-state index < -0.39 is 0 Å². The Morgan fingerprint density at radius 2 is 2.06 bits per heavy atom. The van der Waals surface area contributed by atoms with Gasteiger partial charge in [0.05, 0.1) is 10.3 Å². The molecule has 0 aliphatic carbocycles. The van der Waals surface area contributed by atoms with Gasteiger partial charge >= 0.3 is 0 Å². The van der Waals surface area contributed by atoms with Gasteiger partial charge in [-0.3, -0.25) is 4.40 Å². The predicted molar refractivity (Wildman–Crippen MR) is 74.4 cm³/mol. The zero-order chi connectivity index (χ0) is 12.6. The highest BCUT2D eigenvalue weighted by Crippen LogP contribution is 2.28. The molecule has 0 radical (unpaired) electrons. The first-order valence-corrected chi connectivity index (χ1v) is 6.61. The highest BCUT2D eigenvalue weighted by Gasteiger charge is 2.23. The van der Waals surface area contributed by atoms with Gasteiger partial charge in [0.15, 0.2) is 0 Å². The summed E-state index contributed by atoms with van der Waals surface area (Å²) >= 11 is 3.58. The molecule has 0 aromatic carbocycles. The third-order valence-corrected chi connectivity index (χ3v) is 3.40. The molecule has 2 heterocycles. The molecule has 0 aliphatic heterocycles. The summed E-state index contributed by atoms with van der Waals surface area (Å²) in [6.07, 6.45) is 0.844. The summed E-state index contributed by atoms with van der Waals surface area (Å²) in [5.41, 5.74) is 9.08. The van der Waals surface area contributed by atoms with Gasteiger partial charge < -0.3 is 5.73 Å². The second-order valence-electron chi connectivity index (χ2n) is 5.24. The molecule has 2 aromatic rings. The Balaban J connectivity index is 2.76. The maximum absolute atomic E-state index is 5.72. The van der Waals surface area contributed by atoms with Gasteiger partial charge in [-0.2, -0.15) is 0 Å². The summed E-state index contributed by atoms with van der Waals surface area (Å²) in [7, 11) is 0. The van der Waals surface area contributed by atoms with E-state index in [1.54, 1.807) is 0 Å². The largest absolute Gasteiger partial charge is 0.330 e. The van der Waals surface area contributed by atoms with Crippen molar-refractivity contribution in [2.45, 2.75) is 32.6 Å². The highest BCUT2D eigenvalue weighted by molar-refractivity contribution is 9.10. The molecule has 2 rings (SSSR count). The summed E-state index contributed by atoms with van der Waals surface area (Å²) in [5.74, 6) is 0. The zero-order valence-corrected chi connectivity index (χ0v) is 12.1. The Labute approximate surface area is 110 Å². The van der Waals surface area contributed by atoms with Gasteiger partial charge in [-0.05, 0) is 34.6 Å². The average molecular weight is 296 g/mol. The molecule has 4 heteroatoms. The molecule has 0 fully saturated rings. The van der Waals surface area contributed by atoms with Crippen molar-refractivity contribution in [1.82, 2.24) is 9.38 Å². The fourth-order valence-electron chi connectivity index (χ4n) is 2.08. The predicted octanol–water partition coefficient (Wildman–Crippen LogP) is 2.90. The van der Waals surface area contributed by atoms with E-state index in [-0.39, 0.29) is 5.41 Å². The summed E-state index contributed by atoms with van der Waals surface area (Å²) in [5, 5.41) is 0. The van der Waals surface area contributed by atoms with Gasteiger partial charge in [-0.15, -0.1) is 0 Å². The Morgan fingerprint density at radius 3 is 2.65 bits per heavy atom. The Hall–Kier alpha value is -0.870. The van der Waals surface area contributed by atoms with Crippen molar-refractivity contribution < 1.29 is 0 Å². The van der Waals surface area contributed by atoms with Gasteiger partial charge in [0.2, 0.25) is 0 Å². The van der Waals surface area contributed by atoms with E-state index in [1.807, 2.05) is 18.2 Å². The third-order valence-electron chi connectivity index (χ3n) is 2.78. The molecule has 3 nitrogen and oxygen atoms in total. The fourth-order valence-corrected chi connectivity index (χ4v) is 2.63. The summed E-state index contributed by atoms with van der Waals surface area (Å²) in [6, 6.07) is 6.06. The van der Waals surface area contributed by atoms with Crippen molar-refractivity contribution in [1.29, 1.82) is 0 Å². The van der Waals surface area contributed by atoms with E-state index in [0.717, 1.165) is 22.4 Å². The summed E-state index contributed by atoms with van der Waals surface area (Å²) in [6.45, 7) is 7.19. The first kappa shape index (κ1) is 12.6. The normalized spacial score (nSPS) is 12.3. The van der Waals surface area contributed by atoms with Gasteiger partial charge in [-0.25, -0.2) is 4.98 Å². The third kappa shape index (κ3) is 2.24. The summed E-state index contributed by atoms with van der Waals surface area (Å²) in [4.78, 5) is 4.74. The van der Waals surface area contributed by atoms with Crippen LogP contribution in [0.5, 0.6) is 0 Å². The maximum Gasteiger partial charge on any atom is 0.138 e. The second kappa shape index (κ2) is 4.42. The molecule has 0 unspecified atom stereocenters. The Bertz CT molecular complexity index is 537. The Morgan fingerprint density at radius 1 is 1.35 bits per heavy atom. The zero-order valence-electron chi connectivity index (χ0n) is 10.5. The smallest absolute Gasteiger partial charge is 0.138 e. The molecule has 0 bridgehead atoms. The molecular formula is C13H18BrN3. The number of hydrogen-bond donors (Lipinski definition) is 1. The lowest BCUT2D eigenvalue weighted by Gasteiger charge is -2.17. The van der Waals surface area contributed by atoms with Crippen molar-refractivity contribution in [3.63, 3.8) is 0 Å². The molecule has 92 valence electrons. The maximum atomic E-state index is 5.72. The number of hydrogen-bond acceptors (Lipinski definition) is 2. The number of imidazole rings is 1. The Kier molecular flexibility index (Phi) is 3.27. The molecule has 2 aromatic heterocycles. The van der Waals surface area contributed by atoms with Gasteiger partial charge in [0.25, 0.3) is 0 Å². The number of nitrogens with two attached hydrogens (primary N) is 1. The highest BCUT2D eigenvalue weighted by atomic mass is 79.9. The van der Waals surface area contributed by atoms with Crippen molar-refractivity contribution in [3.05, 3.63) is 34.2 Å². The van der Waals surface area contributed by atoms with Gasteiger partial charge in [0.1, 0.15) is 5.65 Å². The minimum absolute atomic E-state index is 0.0377. The lowest BCUT2D eigenvalue weighted by molar-refractivity contribution is 0.563. The first-order valence-electron chi connectivity index (χ1n) is 5.81. The van der Waals surface area contributed by atoms with Crippen LogP contribution in [0.25, 0.3) is 5.65 Å². The van der Waals surface area contributed by atoms with E-state index in [0.29, 0.717) is 6.54 Å². The van der Waals surface area contributed by atoms with Crippen molar-refractivity contribution in [2.75, 3.05) is 6.54 Å². The van der Waals surface area contributed by atoms with Crippen LogP contribution in [0.4, 0.5) is 0 Å². The molecular weight excluding hydrogens is 278 g/mol. The lowest BCUT2D eigenvalue weighted by atomic mass is 9.90. The van der Waals surface area contributed by atoms with Crippen molar-refractivity contribution >= 4 is 21.6 Å². The number of rotatable bonds is 2. The molecule has 0 spiro atoms. The SMILES string of the molecule is CC(C)(C)c1nc2cccc(Br)n2c1CCN. The lowest BCUT2D eigenvalue weighted by Crippen LogP contribution is -2.17. The molecule has 2 N–H and O–H groups in total. The molecule has 0 amide bonds.